The zero-order valence-corrected chi connectivity index (χ0v) is 12.7. The molecule has 0 unspecified atom stereocenters. The van der Waals surface area contributed by atoms with Gasteiger partial charge in [-0.05, 0) is 18.1 Å². The van der Waals surface area contributed by atoms with Gasteiger partial charge in [0.1, 0.15) is 0 Å². The number of nitrogens with one attached hydrogen (secondary N) is 1. The Kier molecular flexibility index (Phi) is 4.63. The molecule has 3 amide bonds. The zero-order chi connectivity index (χ0) is 15.6. The Bertz CT molecular complexity index is 599. The number of halogens is 1. The Morgan fingerprint density at radius 1 is 1.29 bits per heavy atom. The number of fused-ring (bicyclic) bond motifs is 1. The van der Waals surface area contributed by atoms with Crippen LogP contribution in [0.2, 0.25) is 5.02 Å². The number of rotatable bonds is 5. The Hall–Kier alpha value is -1.88. The second-order valence-corrected chi connectivity index (χ2v) is 5.78. The maximum absolute atomic E-state index is 12.2. The van der Waals surface area contributed by atoms with Crippen LogP contribution in [0.3, 0.4) is 0 Å². The fourth-order valence-corrected chi connectivity index (χ4v) is 2.50. The molecule has 5 nitrogen and oxygen atoms in total. The minimum absolute atomic E-state index is 0.0837. The van der Waals surface area contributed by atoms with Gasteiger partial charge in [0, 0.05) is 19.5 Å². The van der Waals surface area contributed by atoms with Gasteiger partial charge in [0.05, 0.1) is 16.1 Å². The SMILES string of the molecule is CC(C)CC(=O)NCCN1C(=O)c2cccc(Cl)c2C1=O. The highest BCUT2D eigenvalue weighted by Crippen LogP contribution is 2.28. The molecule has 21 heavy (non-hydrogen) atoms. The molecule has 0 fully saturated rings. The van der Waals surface area contributed by atoms with E-state index in [1.54, 1.807) is 18.2 Å². The first kappa shape index (κ1) is 15.5. The molecule has 0 spiro atoms. The molecular weight excluding hydrogens is 292 g/mol. The third-order valence-corrected chi connectivity index (χ3v) is 3.51. The van der Waals surface area contributed by atoms with E-state index in [0.717, 1.165) is 4.90 Å². The summed E-state index contributed by atoms with van der Waals surface area (Å²) in [4.78, 5) is 37.0. The first-order valence-electron chi connectivity index (χ1n) is 6.83. The van der Waals surface area contributed by atoms with Crippen molar-refractivity contribution in [2.45, 2.75) is 20.3 Å². The second kappa shape index (κ2) is 6.26. The molecule has 1 aliphatic heterocycles. The van der Waals surface area contributed by atoms with Crippen molar-refractivity contribution in [3.05, 3.63) is 34.3 Å². The van der Waals surface area contributed by atoms with Crippen molar-refractivity contribution in [1.29, 1.82) is 0 Å². The van der Waals surface area contributed by atoms with Crippen molar-refractivity contribution < 1.29 is 14.4 Å². The summed E-state index contributed by atoms with van der Waals surface area (Å²) >= 11 is 5.97. The van der Waals surface area contributed by atoms with Crippen LogP contribution in [0, 0.1) is 5.92 Å². The summed E-state index contributed by atoms with van der Waals surface area (Å²) in [6, 6.07) is 4.80. The Morgan fingerprint density at radius 3 is 2.62 bits per heavy atom. The first-order valence-corrected chi connectivity index (χ1v) is 7.21. The molecule has 0 aromatic heterocycles. The number of amides is 3. The number of carbonyl (C=O) groups is 3. The molecule has 1 heterocycles. The van der Waals surface area contributed by atoms with Gasteiger partial charge in [-0.25, -0.2) is 0 Å². The maximum atomic E-state index is 12.2. The van der Waals surface area contributed by atoms with Crippen LogP contribution in [0.4, 0.5) is 0 Å². The molecule has 0 bridgehead atoms. The second-order valence-electron chi connectivity index (χ2n) is 5.37. The predicted molar refractivity (Wildman–Crippen MR) is 79.3 cm³/mol. The normalized spacial score (nSPS) is 13.8. The standard InChI is InChI=1S/C15H17ClN2O3/c1-9(2)8-12(19)17-6-7-18-14(20)10-4-3-5-11(16)13(10)15(18)21/h3-5,9H,6-8H2,1-2H3,(H,17,19). The van der Waals surface area contributed by atoms with Crippen molar-refractivity contribution in [1.82, 2.24) is 10.2 Å². The fraction of sp³-hybridized carbons (Fsp3) is 0.400. The lowest BCUT2D eigenvalue weighted by Crippen LogP contribution is -2.38. The molecule has 0 radical (unpaired) electrons. The van der Waals surface area contributed by atoms with Gasteiger partial charge in [0.15, 0.2) is 0 Å². The molecule has 0 saturated heterocycles. The highest BCUT2D eigenvalue weighted by atomic mass is 35.5. The number of nitrogens with zero attached hydrogens (tertiary/aromatic N) is 1. The predicted octanol–water partition coefficient (Wildman–Crippen LogP) is 2.10. The van der Waals surface area contributed by atoms with E-state index in [4.69, 9.17) is 11.6 Å². The van der Waals surface area contributed by atoms with E-state index in [2.05, 4.69) is 5.32 Å². The summed E-state index contributed by atoms with van der Waals surface area (Å²) in [6.45, 7) is 4.29. The largest absolute Gasteiger partial charge is 0.354 e. The topological polar surface area (TPSA) is 66.5 Å². The summed E-state index contributed by atoms with van der Waals surface area (Å²) < 4.78 is 0. The van der Waals surface area contributed by atoms with Crippen LogP contribution in [0.5, 0.6) is 0 Å². The van der Waals surface area contributed by atoms with Crippen molar-refractivity contribution >= 4 is 29.3 Å². The molecule has 1 aromatic rings. The van der Waals surface area contributed by atoms with E-state index in [1.807, 2.05) is 13.8 Å². The van der Waals surface area contributed by atoms with Gasteiger partial charge >= 0.3 is 0 Å². The van der Waals surface area contributed by atoms with Gasteiger partial charge in [-0.15, -0.1) is 0 Å². The highest BCUT2D eigenvalue weighted by molar-refractivity contribution is 6.37. The zero-order valence-electron chi connectivity index (χ0n) is 12.0. The summed E-state index contributed by atoms with van der Waals surface area (Å²) in [7, 11) is 0. The number of imide groups is 1. The van der Waals surface area contributed by atoms with Gasteiger partial charge in [-0.1, -0.05) is 31.5 Å². The Morgan fingerprint density at radius 2 is 2.00 bits per heavy atom. The number of hydrogen-bond donors (Lipinski definition) is 1. The van der Waals surface area contributed by atoms with Crippen molar-refractivity contribution in [3.8, 4) is 0 Å². The van der Waals surface area contributed by atoms with E-state index in [1.165, 1.54) is 0 Å². The summed E-state index contributed by atoms with van der Waals surface area (Å²) in [6.07, 6.45) is 0.425. The van der Waals surface area contributed by atoms with E-state index in [0.29, 0.717) is 12.0 Å². The summed E-state index contributed by atoms with van der Waals surface area (Å²) in [5, 5.41) is 2.98. The van der Waals surface area contributed by atoms with E-state index < -0.39 is 5.91 Å². The van der Waals surface area contributed by atoms with Crippen LogP contribution >= 0.6 is 11.6 Å². The lowest BCUT2D eigenvalue weighted by atomic mass is 10.1. The van der Waals surface area contributed by atoms with Crippen LogP contribution in [-0.2, 0) is 4.79 Å². The van der Waals surface area contributed by atoms with Crippen LogP contribution in [-0.4, -0.2) is 35.7 Å². The third kappa shape index (κ3) is 3.24. The molecule has 1 N–H and O–H groups in total. The molecule has 0 saturated carbocycles. The molecule has 1 aliphatic rings. The van der Waals surface area contributed by atoms with Gasteiger partial charge in [0.2, 0.25) is 5.91 Å². The van der Waals surface area contributed by atoms with Crippen LogP contribution < -0.4 is 5.32 Å². The van der Waals surface area contributed by atoms with Gasteiger partial charge < -0.3 is 5.32 Å². The molecule has 2 rings (SSSR count). The van der Waals surface area contributed by atoms with Crippen LogP contribution in [0.15, 0.2) is 18.2 Å². The number of hydrogen-bond acceptors (Lipinski definition) is 3. The Labute approximate surface area is 128 Å². The van der Waals surface area contributed by atoms with Crippen molar-refractivity contribution in [2.24, 2.45) is 5.92 Å². The average molecular weight is 309 g/mol. The van der Waals surface area contributed by atoms with Crippen molar-refractivity contribution in [2.75, 3.05) is 13.1 Å². The first-order chi connectivity index (χ1) is 9.91. The minimum atomic E-state index is -0.404. The molecule has 0 aliphatic carbocycles. The van der Waals surface area contributed by atoms with Gasteiger partial charge in [-0.3, -0.25) is 19.3 Å². The lowest BCUT2D eigenvalue weighted by Gasteiger charge is -2.14. The lowest BCUT2D eigenvalue weighted by molar-refractivity contribution is -0.121. The van der Waals surface area contributed by atoms with Crippen LogP contribution in [0.1, 0.15) is 41.0 Å². The molecule has 0 atom stereocenters. The quantitative estimate of drug-likeness (QED) is 0.847. The number of carbonyl (C=O) groups excluding carboxylic acids is 3. The Balaban J connectivity index is 1.98. The van der Waals surface area contributed by atoms with E-state index in [-0.39, 0.29) is 41.4 Å². The molecule has 112 valence electrons. The van der Waals surface area contributed by atoms with E-state index in [9.17, 15) is 14.4 Å². The van der Waals surface area contributed by atoms with Crippen molar-refractivity contribution in [3.63, 3.8) is 0 Å². The fourth-order valence-electron chi connectivity index (χ4n) is 2.25. The minimum Gasteiger partial charge on any atom is -0.354 e. The van der Waals surface area contributed by atoms with Gasteiger partial charge in [0.25, 0.3) is 11.8 Å². The summed E-state index contributed by atoms with van der Waals surface area (Å²) in [5.74, 6) is -0.586. The molecule has 6 heteroatoms. The number of benzene rings is 1. The maximum Gasteiger partial charge on any atom is 0.263 e. The summed E-state index contributed by atoms with van der Waals surface area (Å²) in [5.41, 5.74) is 0.568. The van der Waals surface area contributed by atoms with Crippen LogP contribution in [0.25, 0.3) is 0 Å². The van der Waals surface area contributed by atoms with E-state index >= 15 is 0 Å². The molecular formula is C15H17ClN2O3. The average Bonchev–Trinajstić information content (AvgIpc) is 2.64. The smallest absolute Gasteiger partial charge is 0.263 e. The highest BCUT2D eigenvalue weighted by Gasteiger charge is 2.36. The third-order valence-electron chi connectivity index (χ3n) is 3.20. The molecule has 1 aromatic carbocycles. The van der Waals surface area contributed by atoms with Gasteiger partial charge in [-0.2, -0.15) is 0 Å². The monoisotopic (exact) mass is 308 g/mol.